The molecule has 2 N–H and O–H groups in total. The summed E-state index contributed by atoms with van der Waals surface area (Å²) in [5, 5.41) is 5.93. The van der Waals surface area contributed by atoms with Gasteiger partial charge in [0.25, 0.3) is 0 Å². The van der Waals surface area contributed by atoms with Crippen molar-refractivity contribution in [3.63, 3.8) is 0 Å². The molecule has 7 heteroatoms. The van der Waals surface area contributed by atoms with E-state index in [2.05, 4.69) is 20.6 Å². The summed E-state index contributed by atoms with van der Waals surface area (Å²) in [7, 11) is 0. The van der Waals surface area contributed by atoms with Gasteiger partial charge in [-0.05, 0) is 25.7 Å². The molecule has 1 aromatic heterocycles. The normalized spacial score (nSPS) is 16.6. The molecular weight excluding hydrogens is 281 g/mol. The van der Waals surface area contributed by atoms with Crippen molar-refractivity contribution in [2.24, 2.45) is 5.92 Å². The van der Waals surface area contributed by atoms with Gasteiger partial charge in [0.15, 0.2) is 0 Å². The minimum Gasteiger partial charge on any atom is -0.370 e. The summed E-state index contributed by atoms with van der Waals surface area (Å²) in [5.74, 6) is 0.0358. The Balaban J connectivity index is 2.17. The summed E-state index contributed by atoms with van der Waals surface area (Å²) in [6, 6.07) is 1.69. The summed E-state index contributed by atoms with van der Waals surface area (Å²) in [6.45, 7) is 4.34. The second-order valence-corrected chi connectivity index (χ2v) is 5.42. The van der Waals surface area contributed by atoms with Gasteiger partial charge in [0, 0.05) is 18.7 Å². The van der Waals surface area contributed by atoms with Crippen LogP contribution in [0.4, 0.5) is 24.8 Å². The van der Waals surface area contributed by atoms with E-state index in [-0.39, 0.29) is 17.7 Å². The lowest BCUT2D eigenvalue weighted by Crippen LogP contribution is -2.22. The molecule has 1 aliphatic rings. The fourth-order valence-corrected chi connectivity index (χ4v) is 2.21. The Morgan fingerprint density at radius 2 is 1.90 bits per heavy atom. The highest BCUT2D eigenvalue weighted by molar-refractivity contribution is 5.48. The van der Waals surface area contributed by atoms with Crippen molar-refractivity contribution >= 4 is 11.6 Å². The second-order valence-electron chi connectivity index (χ2n) is 5.42. The van der Waals surface area contributed by atoms with Crippen LogP contribution in [0.15, 0.2) is 6.07 Å². The molecule has 1 saturated carbocycles. The van der Waals surface area contributed by atoms with Crippen LogP contribution in [0.25, 0.3) is 0 Å². The molecule has 21 heavy (non-hydrogen) atoms. The van der Waals surface area contributed by atoms with Gasteiger partial charge in [-0.1, -0.05) is 19.8 Å². The Kier molecular flexibility index (Phi) is 4.90. The highest BCUT2D eigenvalue weighted by Gasteiger charge is 2.35. The maximum atomic E-state index is 12.8. The van der Waals surface area contributed by atoms with E-state index in [0.717, 1.165) is 12.8 Å². The van der Waals surface area contributed by atoms with Crippen molar-refractivity contribution < 1.29 is 13.2 Å². The van der Waals surface area contributed by atoms with E-state index < -0.39 is 12.0 Å². The summed E-state index contributed by atoms with van der Waals surface area (Å²) in [6.07, 6.45) is -0.256. The van der Waals surface area contributed by atoms with Gasteiger partial charge in [-0.3, -0.25) is 0 Å². The summed E-state index contributed by atoms with van der Waals surface area (Å²) in [5.41, 5.74) is 0. The number of nitrogens with zero attached hydrogens (tertiary/aromatic N) is 2. The van der Waals surface area contributed by atoms with Crippen LogP contribution in [-0.2, 0) is 6.18 Å². The highest BCUT2D eigenvalue weighted by atomic mass is 19.4. The van der Waals surface area contributed by atoms with E-state index in [1.165, 1.54) is 18.9 Å². The third-order valence-corrected chi connectivity index (χ3v) is 3.50. The molecule has 2 rings (SSSR count). The zero-order valence-electron chi connectivity index (χ0n) is 12.3. The molecule has 1 fully saturated rings. The zero-order valence-corrected chi connectivity index (χ0v) is 12.3. The van der Waals surface area contributed by atoms with Crippen molar-refractivity contribution in [3.8, 4) is 0 Å². The quantitative estimate of drug-likeness (QED) is 0.801. The second kappa shape index (κ2) is 6.49. The summed E-state index contributed by atoms with van der Waals surface area (Å²) in [4.78, 5) is 7.13. The van der Waals surface area contributed by atoms with Crippen LogP contribution in [-0.4, -0.2) is 22.6 Å². The topological polar surface area (TPSA) is 49.8 Å². The van der Waals surface area contributed by atoms with Crippen molar-refractivity contribution in [2.75, 3.05) is 17.2 Å². The van der Waals surface area contributed by atoms with Gasteiger partial charge >= 0.3 is 6.18 Å². The Morgan fingerprint density at radius 3 is 2.43 bits per heavy atom. The van der Waals surface area contributed by atoms with E-state index >= 15 is 0 Å². The van der Waals surface area contributed by atoms with Gasteiger partial charge in [0.2, 0.25) is 5.82 Å². The van der Waals surface area contributed by atoms with Crippen LogP contribution in [0.1, 0.15) is 45.4 Å². The average Bonchev–Trinajstić information content (AvgIpc) is 3.21. The number of halogens is 3. The molecule has 0 amide bonds. The molecule has 118 valence electrons. The predicted molar refractivity (Wildman–Crippen MR) is 76.2 cm³/mol. The van der Waals surface area contributed by atoms with Crippen molar-refractivity contribution in [2.45, 2.75) is 51.7 Å². The van der Waals surface area contributed by atoms with Crippen LogP contribution < -0.4 is 10.6 Å². The maximum absolute atomic E-state index is 12.8. The van der Waals surface area contributed by atoms with Crippen LogP contribution in [0, 0.1) is 5.92 Å². The first-order chi connectivity index (χ1) is 9.92. The Labute approximate surface area is 122 Å². The molecule has 1 aromatic rings. The molecule has 0 radical (unpaired) electrons. The SMILES string of the molecule is CCNc1cc(NC(CC)CC2CC2)nc(C(F)(F)F)n1. The molecule has 1 unspecified atom stereocenters. The van der Waals surface area contributed by atoms with Crippen molar-refractivity contribution in [1.82, 2.24) is 9.97 Å². The van der Waals surface area contributed by atoms with Crippen molar-refractivity contribution in [3.05, 3.63) is 11.9 Å². The molecule has 0 aromatic carbocycles. The lowest BCUT2D eigenvalue weighted by molar-refractivity contribution is -0.144. The smallest absolute Gasteiger partial charge is 0.370 e. The lowest BCUT2D eigenvalue weighted by Gasteiger charge is -2.19. The maximum Gasteiger partial charge on any atom is 0.451 e. The molecule has 0 bridgehead atoms. The standard InChI is InChI=1S/C14H21F3N4/c1-3-10(7-9-5-6-9)19-12-8-11(18-4-2)20-13(21-12)14(15,16)17/h8-10H,3-7H2,1-2H3,(H2,18,19,20,21). The van der Waals surface area contributed by atoms with Gasteiger partial charge in [-0.2, -0.15) is 13.2 Å². The molecule has 1 atom stereocenters. The van der Waals surface area contributed by atoms with E-state index in [1.807, 2.05) is 13.8 Å². The Bertz CT molecular complexity index is 472. The lowest BCUT2D eigenvalue weighted by atomic mass is 10.1. The first kappa shape index (κ1) is 15.9. The first-order valence-corrected chi connectivity index (χ1v) is 7.39. The largest absolute Gasteiger partial charge is 0.451 e. The van der Waals surface area contributed by atoms with E-state index in [0.29, 0.717) is 12.5 Å². The van der Waals surface area contributed by atoms with Gasteiger partial charge in [0.05, 0.1) is 0 Å². The first-order valence-electron chi connectivity index (χ1n) is 7.39. The van der Waals surface area contributed by atoms with E-state index in [9.17, 15) is 13.2 Å². The molecule has 0 saturated heterocycles. The number of hydrogen-bond acceptors (Lipinski definition) is 4. The fraction of sp³-hybridized carbons (Fsp3) is 0.714. The number of rotatable bonds is 7. The Hall–Kier alpha value is -1.53. The number of alkyl halides is 3. The fourth-order valence-electron chi connectivity index (χ4n) is 2.21. The van der Waals surface area contributed by atoms with Gasteiger partial charge in [-0.15, -0.1) is 0 Å². The number of nitrogens with one attached hydrogen (secondary N) is 2. The van der Waals surface area contributed by atoms with Crippen LogP contribution in [0.5, 0.6) is 0 Å². The highest BCUT2D eigenvalue weighted by Crippen LogP contribution is 2.35. The van der Waals surface area contributed by atoms with Crippen LogP contribution >= 0.6 is 0 Å². The third-order valence-electron chi connectivity index (χ3n) is 3.50. The molecule has 0 spiro atoms. The Morgan fingerprint density at radius 1 is 1.24 bits per heavy atom. The zero-order chi connectivity index (χ0) is 15.5. The van der Waals surface area contributed by atoms with Gasteiger partial charge < -0.3 is 10.6 Å². The van der Waals surface area contributed by atoms with E-state index in [4.69, 9.17) is 0 Å². The molecule has 0 aliphatic heterocycles. The minimum atomic E-state index is -4.54. The third kappa shape index (κ3) is 4.75. The minimum absolute atomic E-state index is 0.156. The van der Waals surface area contributed by atoms with Crippen molar-refractivity contribution in [1.29, 1.82) is 0 Å². The summed E-state index contributed by atoms with van der Waals surface area (Å²) < 4.78 is 38.5. The monoisotopic (exact) mass is 302 g/mol. The van der Waals surface area contributed by atoms with Crippen LogP contribution in [0.3, 0.4) is 0 Å². The number of anilines is 2. The van der Waals surface area contributed by atoms with Crippen LogP contribution in [0.2, 0.25) is 0 Å². The van der Waals surface area contributed by atoms with Gasteiger partial charge in [0.1, 0.15) is 11.6 Å². The summed E-state index contributed by atoms with van der Waals surface area (Å²) >= 11 is 0. The molecular formula is C14H21F3N4. The average molecular weight is 302 g/mol. The number of aromatic nitrogens is 2. The number of hydrogen-bond donors (Lipinski definition) is 2. The molecule has 1 aliphatic carbocycles. The molecule has 1 heterocycles. The van der Waals surface area contributed by atoms with E-state index in [1.54, 1.807) is 0 Å². The molecule has 4 nitrogen and oxygen atoms in total. The van der Waals surface area contributed by atoms with Gasteiger partial charge in [-0.25, -0.2) is 9.97 Å². The predicted octanol–water partition coefficient (Wildman–Crippen LogP) is 3.92.